The van der Waals surface area contributed by atoms with Gasteiger partial charge in [0.25, 0.3) is 11.8 Å². The second-order valence-corrected chi connectivity index (χ2v) is 5.54. The van der Waals surface area contributed by atoms with Crippen molar-refractivity contribution in [1.29, 1.82) is 0 Å². The molecule has 1 aromatic rings. The summed E-state index contributed by atoms with van der Waals surface area (Å²) in [6, 6.07) is 3.92. The molecule has 0 saturated heterocycles. The second-order valence-electron chi connectivity index (χ2n) is 4.38. The molecule has 82 valence electrons. The van der Waals surface area contributed by atoms with E-state index in [9.17, 15) is 9.59 Å². The molecule has 0 N–H and O–H groups in total. The normalized spacial score (nSPS) is 19.2. The van der Waals surface area contributed by atoms with Gasteiger partial charge in [0, 0.05) is 9.61 Å². The van der Waals surface area contributed by atoms with Gasteiger partial charge in [-0.3, -0.25) is 14.5 Å². The van der Waals surface area contributed by atoms with Crippen molar-refractivity contribution in [1.82, 2.24) is 4.90 Å². The van der Waals surface area contributed by atoms with Gasteiger partial charge in [0.15, 0.2) is 0 Å². The number of nitrogens with zero attached hydrogens (tertiary/aromatic N) is 1. The number of amides is 2. The van der Waals surface area contributed by atoms with Crippen LogP contribution < -0.4 is 0 Å². The Balaban J connectivity index is 2.18. The molecule has 0 spiro atoms. The largest absolute Gasteiger partial charge is 0.271 e. The fourth-order valence-electron chi connectivity index (χ4n) is 2.14. The van der Waals surface area contributed by atoms with Crippen LogP contribution >= 0.6 is 22.6 Å². The van der Waals surface area contributed by atoms with E-state index in [-0.39, 0.29) is 17.9 Å². The summed E-state index contributed by atoms with van der Waals surface area (Å²) in [5, 5.41) is 0. The Morgan fingerprint density at radius 1 is 1.25 bits per heavy atom. The van der Waals surface area contributed by atoms with E-state index >= 15 is 0 Å². The van der Waals surface area contributed by atoms with Crippen molar-refractivity contribution in [2.75, 3.05) is 0 Å². The lowest BCUT2D eigenvalue weighted by molar-refractivity contribution is 0.0642. The van der Waals surface area contributed by atoms with Crippen LogP contribution in [0.2, 0.25) is 0 Å². The van der Waals surface area contributed by atoms with Crippen LogP contribution in [0.25, 0.3) is 0 Å². The minimum atomic E-state index is -0.107. The molecule has 16 heavy (non-hydrogen) atoms. The number of fused-ring (bicyclic) bond motifs is 1. The molecule has 0 unspecified atom stereocenters. The highest BCUT2D eigenvalue weighted by Gasteiger charge is 2.45. The molecule has 1 fully saturated rings. The molecule has 1 heterocycles. The van der Waals surface area contributed by atoms with Gasteiger partial charge in [0.2, 0.25) is 0 Å². The maximum absolute atomic E-state index is 12.1. The third-order valence-electron chi connectivity index (χ3n) is 3.03. The van der Waals surface area contributed by atoms with Gasteiger partial charge in [-0.05, 0) is 60.1 Å². The molecular formula is C12H10INO2. The number of aryl methyl sites for hydroxylation is 1. The first-order valence-electron chi connectivity index (χ1n) is 5.27. The van der Waals surface area contributed by atoms with Crippen LogP contribution in [-0.4, -0.2) is 22.8 Å². The van der Waals surface area contributed by atoms with Gasteiger partial charge >= 0.3 is 0 Å². The van der Waals surface area contributed by atoms with E-state index in [1.54, 1.807) is 0 Å². The van der Waals surface area contributed by atoms with Gasteiger partial charge in [0.1, 0.15) is 0 Å². The molecule has 1 aliphatic heterocycles. The molecule has 0 radical (unpaired) electrons. The maximum Gasteiger partial charge on any atom is 0.262 e. The number of benzene rings is 1. The zero-order valence-electron chi connectivity index (χ0n) is 8.79. The molecule has 1 saturated carbocycles. The SMILES string of the molecule is Cc1cc(I)c2c(c1)C(=O)N(C1CC1)C2=O. The first-order valence-corrected chi connectivity index (χ1v) is 6.35. The molecule has 0 bridgehead atoms. The van der Waals surface area contributed by atoms with Crippen molar-refractivity contribution in [2.45, 2.75) is 25.8 Å². The molecule has 2 aliphatic rings. The zero-order chi connectivity index (χ0) is 11.4. The molecule has 1 aromatic carbocycles. The van der Waals surface area contributed by atoms with Crippen molar-refractivity contribution in [3.8, 4) is 0 Å². The summed E-state index contributed by atoms with van der Waals surface area (Å²) in [5.74, 6) is -0.212. The van der Waals surface area contributed by atoms with Crippen LogP contribution in [-0.2, 0) is 0 Å². The Morgan fingerprint density at radius 2 is 1.94 bits per heavy atom. The summed E-state index contributed by atoms with van der Waals surface area (Å²) in [6.45, 7) is 1.94. The van der Waals surface area contributed by atoms with Crippen LogP contribution in [0.4, 0.5) is 0 Å². The topological polar surface area (TPSA) is 37.4 Å². The third kappa shape index (κ3) is 1.32. The smallest absolute Gasteiger partial charge is 0.262 e. The van der Waals surface area contributed by atoms with E-state index in [0.29, 0.717) is 11.1 Å². The highest BCUT2D eigenvalue weighted by atomic mass is 127. The molecule has 0 aromatic heterocycles. The predicted octanol–water partition coefficient (Wildman–Crippen LogP) is 2.36. The van der Waals surface area contributed by atoms with E-state index in [1.165, 1.54) is 4.90 Å². The Morgan fingerprint density at radius 3 is 2.56 bits per heavy atom. The highest BCUT2D eigenvalue weighted by molar-refractivity contribution is 14.1. The van der Waals surface area contributed by atoms with Crippen molar-refractivity contribution in [3.05, 3.63) is 32.4 Å². The summed E-state index contributed by atoms with van der Waals surface area (Å²) in [7, 11) is 0. The summed E-state index contributed by atoms with van der Waals surface area (Å²) in [5.41, 5.74) is 2.21. The van der Waals surface area contributed by atoms with E-state index in [2.05, 4.69) is 22.6 Å². The Bertz CT molecular complexity index is 520. The molecule has 4 heteroatoms. The van der Waals surface area contributed by atoms with Crippen LogP contribution in [0.3, 0.4) is 0 Å². The minimum absolute atomic E-state index is 0.105. The van der Waals surface area contributed by atoms with E-state index in [4.69, 9.17) is 0 Å². The summed E-state index contributed by atoms with van der Waals surface area (Å²) >= 11 is 2.13. The fourth-order valence-corrected chi connectivity index (χ4v) is 3.15. The third-order valence-corrected chi connectivity index (χ3v) is 3.88. The quantitative estimate of drug-likeness (QED) is 0.587. The fraction of sp³-hybridized carbons (Fsp3) is 0.333. The number of hydrogen-bond donors (Lipinski definition) is 0. The van der Waals surface area contributed by atoms with Gasteiger partial charge in [-0.2, -0.15) is 0 Å². The molecular weight excluding hydrogens is 317 g/mol. The summed E-state index contributed by atoms with van der Waals surface area (Å²) < 4.78 is 0.883. The van der Waals surface area contributed by atoms with Crippen molar-refractivity contribution in [3.63, 3.8) is 0 Å². The number of carbonyl (C=O) groups is 2. The van der Waals surface area contributed by atoms with Gasteiger partial charge in [-0.1, -0.05) is 0 Å². The Kier molecular flexibility index (Phi) is 2.11. The first kappa shape index (κ1) is 10.3. The lowest BCUT2D eigenvalue weighted by atomic mass is 10.1. The van der Waals surface area contributed by atoms with E-state index in [1.807, 2.05) is 19.1 Å². The average molecular weight is 327 g/mol. The number of halogens is 1. The zero-order valence-corrected chi connectivity index (χ0v) is 10.9. The van der Waals surface area contributed by atoms with E-state index in [0.717, 1.165) is 22.0 Å². The van der Waals surface area contributed by atoms with Crippen molar-refractivity contribution in [2.24, 2.45) is 0 Å². The lowest BCUT2D eigenvalue weighted by Gasteiger charge is -2.11. The summed E-state index contributed by atoms with van der Waals surface area (Å²) in [6.07, 6.45) is 1.92. The molecule has 0 atom stereocenters. The van der Waals surface area contributed by atoms with Crippen molar-refractivity contribution < 1.29 is 9.59 Å². The van der Waals surface area contributed by atoms with Gasteiger partial charge < -0.3 is 0 Å². The van der Waals surface area contributed by atoms with Gasteiger partial charge in [-0.25, -0.2) is 0 Å². The summed E-state index contributed by atoms with van der Waals surface area (Å²) in [4.78, 5) is 25.7. The standard InChI is InChI=1S/C12H10INO2/c1-6-4-8-10(9(13)5-6)12(16)14(11(8)15)7-2-3-7/h4-5,7H,2-3H2,1H3. The van der Waals surface area contributed by atoms with Crippen LogP contribution in [0.15, 0.2) is 12.1 Å². The molecule has 2 amide bonds. The van der Waals surface area contributed by atoms with Crippen LogP contribution in [0.1, 0.15) is 39.1 Å². The number of rotatable bonds is 1. The predicted molar refractivity (Wildman–Crippen MR) is 67.4 cm³/mol. The lowest BCUT2D eigenvalue weighted by Crippen LogP contribution is -2.31. The van der Waals surface area contributed by atoms with Crippen LogP contribution in [0.5, 0.6) is 0 Å². The second kappa shape index (κ2) is 3.29. The first-order chi connectivity index (χ1) is 7.59. The van der Waals surface area contributed by atoms with Crippen LogP contribution in [0, 0.1) is 10.5 Å². The van der Waals surface area contributed by atoms with Crippen molar-refractivity contribution >= 4 is 34.4 Å². The maximum atomic E-state index is 12.1. The number of imide groups is 1. The van der Waals surface area contributed by atoms with Gasteiger partial charge in [0.05, 0.1) is 11.1 Å². The molecule has 3 nitrogen and oxygen atoms in total. The Labute approximate surface area is 107 Å². The number of carbonyl (C=O) groups excluding carboxylic acids is 2. The molecule has 1 aliphatic carbocycles. The number of hydrogen-bond acceptors (Lipinski definition) is 2. The minimum Gasteiger partial charge on any atom is -0.271 e. The van der Waals surface area contributed by atoms with E-state index < -0.39 is 0 Å². The highest BCUT2D eigenvalue weighted by Crippen LogP contribution is 2.36. The van der Waals surface area contributed by atoms with Gasteiger partial charge in [-0.15, -0.1) is 0 Å². The molecule has 3 rings (SSSR count). The average Bonchev–Trinajstić information content (AvgIpc) is 2.97. The monoisotopic (exact) mass is 327 g/mol. The Hall–Kier alpha value is -0.910.